The van der Waals surface area contributed by atoms with E-state index in [1.165, 1.54) is 0 Å². The zero-order valence-corrected chi connectivity index (χ0v) is 9.14. The SMILES string of the molecule is CC(C)(C1(N)CC1)C(F)(F)C(F)(F)C(F)(F)F. The first kappa shape index (κ1) is 14.5. The van der Waals surface area contributed by atoms with Gasteiger partial charge in [-0.3, -0.25) is 0 Å². The molecule has 0 aromatic heterocycles. The van der Waals surface area contributed by atoms with E-state index in [-0.39, 0.29) is 12.8 Å². The van der Waals surface area contributed by atoms with E-state index in [0.29, 0.717) is 13.8 Å². The lowest BCUT2D eigenvalue weighted by Gasteiger charge is -2.43. The highest BCUT2D eigenvalue weighted by atomic mass is 19.4. The van der Waals surface area contributed by atoms with Crippen LogP contribution in [0, 0.1) is 5.41 Å². The average molecular weight is 267 g/mol. The molecule has 0 aromatic carbocycles. The Morgan fingerprint density at radius 1 is 0.824 bits per heavy atom. The van der Waals surface area contributed by atoms with Crippen LogP contribution < -0.4 is 5.73 Å². The van der Waals surface area contributed by atoms with E-state index >= 15 is 0 Å². The molecular formula is C9H12F7N. The molecule has 0 saturated heterocycles. The summed E-state index contributed by atoms with van der Waals surface area (Å²) in [6.45, 7) is 1.28. The molecule has 0 spiro atoms. The van der Waals surface area contributed by atoms with Crippen molar-refractivity contribution >= 4 is 0 Å². The van der Waals surface area contributed by atoms with Gasteiger partial charge in [-0.25, -0.2) is 0 Å². The maximum atomic E-state index is 13.5. The van der Waals surface area contributed by atoms with Crippen molar-refractivity contribution in [1.29, 1.82) is 0 Å². The van der Waals surface area contributed by atoms with E-state index in [0.717, 1.165) is 0 Å². The third-order valence-electron chi connectivity index (χ3n) is 3.57. The van der Waals surface area contributed by atoms with Gasteiger partial charge in [0.1, 0.15) is 0 Å². The molecule has 0 unspecified atom stereocenters. The van der Waals surface area contributed by atoms with E-state index in [2.05, 4.69) is 0 Å². The zero-order chi connectivity index (χ0) is 13.9. The first-order chi connectivity index (χ1) is 7.21. The Bertz CT molecular complexity index is 295. The molecule has 0 aromatic rings. The maximum Gasteiger partial charge on any atom is 0.459 e. The molecule has 1 rings (SSSR count). The highest BCUT2D eigenvalue weighted by Gasteiger charge is 2.80. The molecule has 1 saturated carbocycles. The van der Waals surface area contributed by atoms with Crippen LogP contribution in [-0.4, -0.2) is 23.6 Å². The van der Waals surface area contributed by atoms with E-state index in [1.54, 1.807) is 0 Å². The van der Waals surface area contributed by atoms with Crippen molar-refractivity contribution in [2.24, 2.45) is 11.1 Å². The van der Waals surface area contributed by atoms with Crippen LogP contribution in [0.5, 0.6) is 0 Å². The lowest BCUT2D eigenvalue weighted by Crippen LogP contribution is -2.64. The molecule has 1 fully saturated rings. The number of halogens is 7. The maximum absolute atomic E-state index is 13.5. The van der Waals surface area contributed by atoms with Crippen LogP contribution in [0.3, 0.4) is 0 Å². The summed E-state index contributed by atoms with van der Waals surface area (Å²) in [6, 6.07) is 0. The number of alkyl halides is 7. The monoisotopic (exact) mass is 267 g/mol. The standard InChI is InChI=1S/C9H12F7N/c1-5(2,6(17)3-4-6)7(10,11)8(12,13)9(14,15)16/h3-4,17H2,1-2H3. The second kappa shape index (κ2) is 3.27. The highest BCUT2D eigenvalue weighted by molar-refractivity contribution is 5.17. The van der Waals surface area contributed by atoms with Gasteiger partial charge in [-0.15, -0.1) is 0 Å². The summed E-state index contributed by atoms with van der Waals surface area (Å²) in [5.41, 5.74) is 1.05. The van der Waals surface area contributed by atoms with Crippen LogP contribution in [0.25, 0.3) is 0 Å². The molecule has 1 aliphatic carbocycles. The van der Waals surface area contributed by atoms with Gasteiger partial charge in [0, 0.05) is 5.54 Å². The van der Waals surface area contributed by atoms with Crippen molar-refractivity contribution in [2.45, 2.75) is 50.2 Å². The van der Waals surface area contributed by atoms with Crippen LogP contribution in [0.15, 0.2) is 0 Å². The van der Waals surface area contributed by atoms with Gasteiger partial charge < -0.3 is 5.73 Å². The van der Waals surface area contributed by atoms with Crippen molar-refractivity contribution < 1.29 is 30.7 Å². The van der Waals surface area contributed by atoms with Crippen LogP contribution in [0.4, 0.5) is 30.7 Å². The quantitative estimate of drug-likeness (QED) is 0.780. The van der Waals surface area contributed by atoms with Crippen molar-refractivity contribution in [1.82, 2.24) is 0 Å². The van der Waals surface area contributed by atoms with E-state index in [9.17, 15) is 30.7 Å². The summed E-state index contributed by atoms with van der Waals surface area (Å²) in [7, 11) is 0. The van der Waals surface area contributed by atoms with Crippen molar-refractivity contribution in [2.75, 3.05) is 0 Å². The molecule has 0 amide bonds. The largest absolute Gasteiger partial charge is 0.459 e. The molecular weight excluding hydrogens is 255 g/mol. The van der Waals surface area contributed by atoms with Crippen LogP contribution in [-0.2, 0) is 0 Å². The van der Waals surface area contributed by atoms with E-state index < -0.39 is 29.0 Å². The third kappa shape index (κ3) is 1.71. The first-order valence-corrected chi connectivity index (χ1v) is 4.82. The smallest absolute Gasteiger partial charge is 0.324 e. The summed E-state index contributed by atoms with van der Waals surface area (Å²) < 4.78 is 88.6. The molecule has 1 aliphatic rings. The second-order valence-corrected chi connectivity index (χ2v) is 4.93. The molecule has 2 N–H and O–H groups in total. The Morgan fingerprint density at radius 2 is 1.18 bits per heavy atom. The predicted molar refractivity (Wildman–Crippen MR) is 45.9 cm³/mol. The first-order valence-electron chi connectivity index (χ1n) is 4.82. The fraction of sp³-hybridized carbons (Fsp3) is 1.00. The summed E-state index contributed by atoms with van der Waals surface area (Å²) in [6.07, 6.45) is -6.30. The summed E-state index contributed by atoms with van der Waals surface area (Å²) in [5, 5.41) is 0. The van der Waals surface area contributed by atoms with Crippen LogP contribution in [0.1, 0.15) is 26.7 Å². The minimum Gasteiger partial charge on any atom is -0.324 e. The molecule has 17 heavy (non-hydrogen) atoms. The Balaban J connectivity index is 3.19. The molecule has 0 bridgehead atoms. The lowest BCUT2D eigenvalue weighted by atomic mass is 9.73. The Hall–Kier alpha value is -0.530. The lowest BCUT2D eigenvalue weighted by molar-refractivity contribution is -0.379. The molecule has 102 valence electrons. The molecule has 0 aliphatic heterocycles. The fourth-order valence-corrected chi connectivity index (χ4v) is 1.64. The normalized spacial score (nSPS) is 21.5. The molecule has 0 heterocycles. The third-order valence-corrected chi connectivity index (χ3v) is 3.57. The average Bonchev–Trinajstić information content (AvgIpc) is 2.82. The summed E-state index contributed by atoms with van der Waals surface area (Å²) >= 11 is 0. The Morgan fingerprint density at radius 3 is 1.41 bits per heavy atom. The second-order valence-electron chi connectivity index (χ2n) is 4.93. The van der Waals surface area contributed by atoms with Gasteiger partial charge in [0.2, 0.25) is 0 Å². The molecule has 0 radical (unpaired) electrons. The zero-order valence-electron chi connectivity index (χ0n) is 9.14. The highest BCUT2D eigenvalue weighted by Crippen LogP contribution is 2.62. The minimum atomic E-state index is -6.31. The van der Waals surface area contributed by atoms with Gasteiger partial charge in [0.15, 0.2) is 0 Å². The van der Waals surface area contributed by atoms with E-state index in [4.69, 9.17) is 5.73 Å². The van der Waals surface area contributed by atoms with Crippen molar-refractivity contribution in [3.05, 3.63) is 0 Å². The van der Waals surface area contributed by atoms with E-state index in [1.807, 2.05) is 0 Å². The summed E-state index contributed by atoms with van der Waals surface area (Å²) in [5.74, 6) is -11.4. The predicted octanol–water partition coefficient (Wildman–Crippen LogP) is 3.34. The van der Waals surface area contributed by atoms with Crippen LogP contribution >= 0.6 is 0 Å². The van der Waals surface area contributed by atoms with Gasteiger partial charge in [0.05, 0.1) is 5.41 Å². The number of hydrogen-bond acceptors (Lipinski definition) is 1. The minimum absolute atomic E-state index is 0.00350. The number of nitrogens with two attached hydrogens (primary N) is 1. The van der Waals surface area contributed by atoms with Crippen molar-refractivity contribution in [3.8, 4) is 0 Å². The van der Waals surface area contributed by atoms with Gasteiger partial charge in [0.25, 0.3) is 0 Å². The summed E-state index contributed by atoms with van der Waals surface area (Å²) in [4.78, 5) is 0. The molecule has 8 heteroatoms. The number of hydrogen-bond donors (Lipinski definition) is 1. The fourth-order valence-electron chi connectivity index (χ4n) is 1.64. The number of rotatable bonds is 3. The topological polar surface area (TPSA) is 26.0 Å². The Kier molecular flexibility index (Phi) is 2.80. The van der Waals surface area contributed by atoms with Gasteiger partial charge in [-0.2, -0.15) is 30.7 Å². The van der Waals surface area contributed by atoms with Gasteiger partial charge >= 0.3 is 18.0 Å². The van der Waals surface area contributed by atoms with Crippen LogP contribution in [0.2, 0.25) is 0 Å². The van der Waals surface area contributed by atoms with Gasteiger partial charge in [-0.05, 0) is 12.8 Å². The van der Waals surface area contributed by atoms with Crippen molar-refractivity contribution in [3.63, 3.8) is 0 Å². The van der Waals surface area contributed by atoms with Gasteiger partial charge in [-0.1, -0.05) is 13.8 Å². The molecule has 0 atom stereocenters. The molecule has 1 nitrogen and oxygen atoms in total. The Labute approximate surface area is 93.2 Å².